The van der Waals surface area contributed by atoms with Crippen LogP contribution >= 0.6 is 0 Å². The molecule has 0 aromatic rings. The molecule has 0 saturated carbocycles. The second kappa shape index (κ2) is 13.1. The van der Waals surface area contributed by atoms with Crippen LogP contribution in [-0.4, -0.2) is 31.6 Å². The van der Waals surface area contributed by atoms with Gasteiger partial charge in [0.15, 0.2) is 0 Å². The minimum absolute atomic E-state index is 0.108. The fraction of sp³-hybridized carbons (Fsp3) is 0.714. The number of hydrogen-bond donors (Lipinski definition) is 2. The van der Waals surface area contributed by atoms with Crippen LogP contribution in [-0.2, 0) is 14.3 Å². The summed E-state index contributed by atoms with van der Waals surface area (Å²) in [7, 11) is 0. The molecule has 2 amide bonds. The number of carbonyl (C=O) groups excluding carboxylic acids is 2. The minimum atomic E-state index is -0.505. The first-order valence-corrected chi connectivity index (χ1v) is 6.97. The van der Waals surface area contributed by atoms with Gasteiger partial charge in [0.05, 0.1) is 6.61 Å². The summed E-state index contributed by atoms with van der Waals surface area (Å²) in [6, 6.07) is 0. The lowest BCUT2D eigenvalue weighted by atomic mass is 10.1. The number of nitrogens with one attached hydrogen (secondary N) is 1. The van der Waals surface area contributed by atoms with Crippen molar-refractivity contribution in [2.75, 3.05) is 19.8 Å². The van der Waals surface area contributed by atoms with Gasteiger partial charge in [0, 0.05) is 6.54 Å². The van der Waals surface area contributed by atoms with Crippen LogP contribution in [0.25, 0.3) is 0 Å². The Morgan fingerprint density at radius 3 is 2.63 bits per heavy atom. The van der Waals surface area contributed by atoms with Crippen LogP contribution in [0.1, 0.15) is 45.4 Å². The Morgan fingerprint density at radius 1 is 1.21 bits per heavy atom. The van der Waals surface area contributed by atoms with E-state index in [0.29, 0.717) is 13.2 Å². The standard InChI is InChI=1S/C14H26N2O3/c1-2-3-4-5-6-7-8-9-14(18)16-10-11-19-12-13(15)17/h8-9H,2-7,10-12H2,1H3,(H2,15,17)(H,16,18)/b9-8+. The molecule has 0 unspecified atom stereocenters. The molecular weight excluding hydrogens is 244 g/mol. The van der Waals surface area contributed by atoms with Gasteiger partial charge in [-0.25, -0.2) is 0 Å². The molecule has 0 heterocycles. The molecule has 0 bridgehead atoms. The number of carbonyl (C=O) groups is 2. The molecule has 0 saturated heterocycles. The Balaban J connectivity index is 3.35. The highest BCUT2D eigenvalue weighted by atomic mass is 16.5. The fourth-order valence-electron chi connectivity index (χ4n) is 1.53. The van der Waals surface area contributed by atoms with Gasteiger partial charge in [0.25, 0.3) is 0 Å². The third-order valence-electron chi connectivity index (χ3n) is 2.53. The van der Waals surface area contributed by atoms with Crippen LogP contribution in [0.5, 0.6) is 0 Å². The lowest BCUT2D eigenvalue weighted by molar-refractivity contribution is -0.122. The molecule has 0 aliphatic carbocycles. The number of nitrogens with two attached hydrogens (primary N) is 1. The molecule has 0 aromatic carbocycles. The van der Waals surface area contributed by atoms with Crippen LogP contribution < -0.4 is 11.1 Å². The zero-order valence-electron chi connectivity index (χ0n) is 11.8. The van der Waals surface area contributed by atoms with E-state index in [4.69, 9.17) is 10.5 Å². The summed E-state index contributed by atoms with van der Waals surface area (Å²) in [6.45, 7) is 2.76. The quantitative estimate of drug-likeness (QED) is 0.417. The smallest absolute Gasteiger partial charge is 0.243 e. The SMILES string of the molecule is CCCCCCC/C=C/C(=O)NCCOCC(N)=O. The van der Waals surface area contributed by atoms with Crippen molar-refractivity contribution >= 4 is 11.8 Å². The van der Waals surface area contributed by atoms with Gasteiger partial charge in [-0.3, -0.25) is 9.59 Å². The first kappa shape index (κ1) is 17.6. The normalized spacial score (nSPS) is 10.8. The number of rotatable bonds is 12. The van der Waals surface area contributed by atoms with Gasteiger partial charge >= 0.3 is 0 Å². The molecular formula is C14H26N2O3. The van der Waals surface area contributed by atoms with Crippen LogP contribution in [0, 0.1) is 0 Å². The third kappa shape index (κ3) is 14.6. The molecule has 0 rings (SSSR count). The van der Waals surface area contributed by atoms with Crippen molar-refractivity contribution in [1.82, 2.24) is 5.32 Å². The number of ether oxygens (including phenoxy) is 1. The Kier molecular flexibility index (Phi) is 12.1. The molecule has 0 spiro atoms. The highest BCUT2D eigenvalue weighted by Gasteiger charge is 1.96. The summed E-state index contributed by atoms with van der Waals surface area (Å²) in [5.41, 5.74) is 4.90. The molecule has 5 nitrogen and oxygen atoms in total. The summed E-state index contributed by atoms with van der Waals surface area (Å²) < 4.78 is 4.91. The van der Waals surface area contributed by atoms with Crippen molar-refractivity contribution in [2.24, 2.45) is 5.73 Å². The summed E-state index contributed by atoms with van der Waals surface area (Å²) in [4.78, 5) is 21.7. The van der Waals surface area contributed by atoms with Crippen molar-refractivity contribution in [1.29, 1.82) is 0 Å². The Bertz CT molecular complexity index is 278. The van der Waals surface area contributed by atoms with E-state index >= 15 is 0 Å². The van der Waals surface area contributed by atoms with Gasteiger partial charge in [-0.15, -0.1) is 0 Å². The number of primary amides is 1. The van der Waals surface area contributed by atoms with E-state index in [1.807, 2.05) is 6.08 Å². The monoisotopic (exact) mass is 270 g/mol. The second-order valence-corrected chi connectivity index (χ2v) is 4.42. The van der Waals surface area contributed by atoms with E-state index in [1.54, 1.807) is 6.08 Å². The van der Waals surface area contributed by atoms with E-state index in [0.717, 1.165) is 12.8 Å². The van der Waals surface area contributed by atoms with E-state index < -0.39 is 5.91 Å². The molecule has 3 N–H and O–H groups in total. The maximum Gasteiger partial charge on any atom is 0.243 e. The summed E-state index contributed by atoms with van der Waals surface area (Å²) in [6.07, 6.45) is 10.5. The zero-order valence-corrected chi connectivity index (χ0v) is 11.8. The predicted octanol–water partition coefficient (Wildman–Crippen LogP) is 1.52. The zero-order chi connectivity index (χ0) is 14.3. The highest BCUT2D eigenvalue weighted by Crippen LogP contribution is 2.05. The largest absolute Gasteiger partial charge is 0.370 e. The van der Waals surface area contributed by atoms with Crippen molar-refractivity contribution in [2.45, 2.75) is 45.4 Å². The van der Waals surface area contributed by atoms with Crippen LogP contribution in [0.2, 0.25) is 0 Å². The maximum atomic E-state index is 11.3. The van der Waals surface area contributed by atoms with Crippen molar-refractivity contribution in [3.63, 3.8) is 0 Å². The first-order chi connectivity index (χ1) is 9.16. The van der Waals surface area contributed by atoms with Gasteiger partial charge in [0.2, 0.25) is 11.8 Å². The molecule has 0 aromatic heterocycles. The minimum Gasteiger partial charge on any atom is -0.370 e. The van der Waals surface area contributed by atoms with Crippen LogP contribution in [0.3, 0.4) is 0 Å². The Morgan fingerprint density at radius 2 is 1.95 bits per heavy atom. The van der Waals surface area contributed by atoms with Gasteiger partial charge in [-0.2, -0.15) is 0 Å². The van der Waals surface area contributed by atoms with Gasteiger partial charge < -0.3 is 15.8 Å². The van der Waals surface area contributed by atoms with Gasteiger partial charge in [0.1, 0.15) is 6.61 Å². The van der Waals surface area contributed by atoms with Crippen LogP contribution in [0.15, 0.2) is 12.2 Å². The second-order valence-electron chi connectivity index (χ2n) is 4.42. The van der Waals surface area contributed by atoms with E-state index in [9.17, 15) is 9.59 Å². The lowest BCUT2D eigenvalue weighted by Gasteiger charge is -2.02. The van der Waals surface area contributed by atoms with Crippen molar-refractivity contribution < 1.29 is 14.3 Å². The summed E-state index contributed by atoms with van der Waals surface area (Å²) >= 11 is 0. The number of unbranched alkanes of at least 4 members (excludes halogenated alkanes) is 5. The maximum absolute atomic E-state index is 11.3. The molecule has 0 fully saturated rings. The van der Waals surface area contributed by atoms with E-state index in [1.165, 1.54) is 25.7 Å². The van der Waals surface area contributed by atoms with Gasteiger partial charge in [-0.1, -0.05) is 38.7 Å². The van der Waals surface area contributed by atoms with E-state index in [-0.39, 0.29) is 12.5 Å². The predicted molar refractivity (Wildman–Crippen MR) is 75.5 cm³/mol. The van der Waals surface area contributed by atoms with Crippen molar-refractivity contribution in [3.05, 3.63) is 12.2 Å². The number of allylic oxidation sites excluding steroid dienone is 1. The van der Waals surface area contributed by atoms with Crippen molar-refractivity contribution in [3.8, 4) is 0 Å². The Hall–Kier alpha value is -1.36. The first-order valence-electron chi connectivity index (χ1n) is 6.97. The van der Waals surface area contributed by atoms with Crippen LogP contribution in [0.4, 0.5) is 0 Å². The molecule has 0 aliphatic heterocycles. The summed E-state index contributed by atoms with van der Waals surface area (Å²) in [5, 5.41) is 2.66. The Labute approximate surface area is 115 Å². The average Bonchev–Trinajstić information content (AvgIpc) is 2.37. The fourth-order valence-corrected chi connectivity index (χ4v) is 1.53. The molecule has 5 heteroatoms. The summed E-state index contributed by atoms with van der Waals surface area (Å²) in [5.74, 6) is -0.634. The van der Waals surface area contributed by atoms with E-state index in [2.05, 4.69) is 12.2 Å². The number of amides is 2. The molecule has 19 heavy (non-hydrogen) atoms. The highest BCUT2D eigenvalue weighted by molar-refractivity contribution is 5.87. The number of hydrogen-bond acceptors (Lipinski definition) is 3. The molecule has 110 valence electrons. The average molecular weight is 270 g/mol. The third-order valence-corrected chi connectivity index (χ3v) is 2.53. The molecule has 0 aliphatic rings. The topological polar surface area (TPSA) is 81.4 Å². The molecule has 0 radical (unpaired) electrons. The molecule has 0 atom stereocenters. The van der Waals surface area contributed by atoms with Gasteiger partial charge in [-0.05, 0) is 18.9 Å². The lowest BCUT2D eigenvalue weighted by Crippen LogP contribution is -2.27.